The molecular weight excluding hydrogens is 368 g/mol. The van der Waals surface area contributed by atoms with Crippen LogP contribution in [0.25, 0.3) is 0 Å². The van der Waals surface area contributed by atoms with E-state index in [4.69, 9.17) is 0 Å². The molecule has 0 fully saturated rings. The van der Waals surface area contributed by atoms with E-state index >= 15 is 0 Å². The molecule has 126 valence electrons. The van der Waals surface area contributed by atoms with E-state index in [1.165, 1.54) is 0 Å². The molecule has 0 atom stereocenters. The van der Waals surface area contributed by atoms with Gasteiger partial charge in [0.05, 0.1) is 0 Å². The molecule has 0 saturated carbocycles. The van der Waals surface area contributed by atoms with Gasteiger partial charge in [0.25, 0.3) is 0 Å². The Balaban J connectivity index is 5.12. The average Bonchev–Trinajstić information content (AvgIpc) is 2.19. The fraction of sp³-hybridized carbons (Fsp3) is 0.800. The summed E-state index contributed by atoms with van der Waals surface area (Å²) in [5.74, 6) is 0. The summed E-state index contributed by atoms with van der Waals surface area (Å²) in [7, 11) is -12.4. The van der Waals surface area contributed by atoms with Gasteiger partial charge in [0.1, 0.15) is 0 Å². The summed E-state index contributed by atoms with van der Waals surface area (Å²) in [6.45, 7) is -5.03. The van der Waals surface area contributed by atoms with E-state index in [-0.39, 0.29) is 5.09 Å². The number of halogens is 8. The molecule has 0 rings (SSSR count). The molecule has 0 aromatic carbocycles. The van der Waals surface area contributed by atoms with Gasteiger partial charge < -0.3 is 0 Å². The van der Waals surface area contributed by atoms with Crippen LogP contribution in [0.1, 0.15) is 0 Å². The van der Waals surface area contributed by atoms with Gasteiger partial charge in [0, 0.05) is 0 Å². The van der Waals surface area contributed by atoms with Crippen LogP contribution in [0.4, 0.5) is 39.5 Å². The molecule has 6 nitrogen and oxygen atoms in total. The summed E-state index contributed by atoms with van der Waals surface area (Å²) in [4.78, 5) is 10.9. The van der Waals surface area contributed by atoms with Crippen LogP contribution >= 0.6 is 15.5 Å². The zero-order valence-electron chi connectivity index (χ0n) is 9.37. The minimum atomic E-state index is -6.44. The predicted molar refractivity (Wildman–Crippen MR) is 50.0 cm³/mol. The molecule has 0 spiro atoms. The van der Waals surface area contributed by atoms with Crippen LogP contribution in [0.3, 0.4) is 0 Å². The van der Waals surface area contributed by atoms with Crippen molar-refractivity contribution in [3.63, 3.8) is 0 Å². The third-order valence-corrected chi connectivity index (χ3v) is 3.46. The highest BCUT2D eigenvalue weighted by Gasteiger charge is 2.45. The Morgan fingerprint density at radius 2 is 1.24 bits per heavy atom. The van der Waals surface area contributed by atoms with Crippen molar-refractivity contribution in [1.82, 2.24) is 5.09 Å². The van der Waals surface area contributed by atoms with Crippen LogP contribution < -0.4 is 5.09 Å². The lowest BCUT2D eigenvalue weighted by Gasteiger charge is -2.18. The first-order valence-corrected chi connectivity index (χ1v) is 7.42. The van der Waals surface area contributed by atoms with Crippen LogP contribution in [0.15, 0.2) is 0 Å². The molecule has 16 heteroatoms. The minimum absolute atomic E-state index is 0.168. The second-order valence-electron chi connectivity index (χ2n) is 3.15. The number of hydrogen-bond acceptors (Lipinski definition) is 5. The molecule has 0 radical (unpaired) electrons. The standard InChI is InChI=1S/C5H5F8NO5P2/c6-4(7,8)1-18-20(16,19-2-5(9,10)11)3(15)14-21(12,13)17/h1-2H2,(H,14,15,17). The van der Waals surface area contributed by atoms with Crippen LogP contribution in [0.5, 0.6) is 0 Å². The molecule has 21 heavy (non-hydrogen) atoms. The summed E-state index contributed by atoms with van der Waals surface area (Å²) in [6.07, 6.45) is -10.5. The van der Waals surface area contributed by atoms with Crippen molar-refractivity contribution < 1.29 is 57.7 Å². The Kier molecular flexibility index (Phi) is 6.37. The van der Waals surface area contributed by atoms with Gasteiger partial charge in [-0.05, 0) is 0 Å². The molecule has 1 N–H and O–H groups in total. The number of rotatable bonds is 6. The Hall–Kier alpha value is -0.710. The average molecular weight is 373 g/mol. The molecule has 0 heterocycles. The molecule has 0 aromatic rings. The largest absolute Gasteiger partial charge is 0.511 e. The number of carbonyl (C=O) groups excluding carboxylic acids is 1. The summed E-state index contributed by atoms with van der Waals surface area (Å²) < 4.78 is 123. The maximum atomic E-state index is 12.0. The second kappa shape index (κ2) is 6.59. The number of nitrogens with one attached hydrogen (secondary N) is 1. The van der Waals surface area contributed by atoms with Gasteiger partial charge >= 0.3 is 33.5 Å². The lowest BCUT2D eigenvalue weighted by Crippen LogP contribution is -2.25. The van der Waals surface area contributed by atoms with Crippen LogP contribution in [-0.2, 0) is 18.2 Å². The Labute approximate surface area is 111 Å². The van der Waals surface area contributed by atoms with Gasteiger partial charge in [-0.1, -0.05) is 0 Å². The van der Waals surface area contributed by atoms with Crippen molar-refractivity contribution in [1.29, 1.82) is 0 Å². The SMILES string of the molecule is O=C(NP(=O)(F)F)P(=O)(OCC(F)(F)F)OCC(F)(F)F. The monoisotopic (exact) mass is 373 g/mol. The lowest BCUT2D eigenvalue weighted by molar-refractivity contribution is -0.164. The number of amides is 1. The van der Waals surface area contributed by atoms with Crippen molar-refractivity contribution in [3.8, 4) is 0 Å². The van der Waals surface area contributed by atoms with E-state index < -0.39 is 46.7 Å². The van der Waals surface area contributed by atoms with E-state index in [0.717, 1.165) is 0 Å². The zero-order chi connectivity index (χ0) is 17.1. The van der Waals surface area contributed by atoms with E-state index in [2.05, 4.69) is 9.05 Å². The highest BCUT2D eigenvalue weighted by atomic mass is 31.2. The van der Waals surface area contributed by atoms with Crippen LogP contribution in [0, 0.1) is 0 Å². The maximum Gasteiger partial charge on any atom is 0.511 e. The third kappa shape index (κ3) is 9.77. The fourth-order valence-corrected chi connectivity index (χ4v) is 2.65. The summed E-state index contributed by atoms with van der Waals surface area (Å²) in [5.41, 5.74) is -2.69. The van der Waals surface area contributed by atoms with Gasteiger partial charge in [-0.25, -0.2) is 14.2 Å². The highest BCUT2D eigenvalue weighted by Crippen LogP contribution is 2.55. The molecule has 1 amide bonds. The maximum absolute atomic E-state index is 12.0. The molecule has 0 aliphatic rings. The zero-order valence-corrected chi connectivity index (χ0v) is 11.2. The molecule has 0 aliphatic heterocycles. The van der Waals surface area contributed by atoms with Gasteiger partial charge in [0.2, 0.25) is 0 Å². The predicted octanol–water partition coefficient (Wildman–Crippen LogP) is 4.09. The Bertz CT molecular complexity index is 447. The molecular formula is C5H5F8NO5P2. The van der Waals surface area contributed by atoms with Crippen molar-refractivity contribution >= 4 is 21.2 Å². The van der Waals surface area contributed by atoms with Crippen molar-refractivity contribution in [3.05, 3.63) is 0 Å². The number of alkyl halides is 6. The fourth-order valence-electron chi connectivity index (χ4n) is 0.643. The summed E-state index contributed by atoms with van der Waals surface area (Å²) >= 11 is 0. The summed E-state index contributed by atoms with van der Waals surface area (Å²) in [6, 6.07) is 0. The van der Waals surface area contributed by atoms with Crippen molar-refractivity contribution in [2.75, 3.05) is 13.2 Å². The highest BCUT2D eigenvalue weighted by molar-refractivity contribution is 7.73. The van der Waals surface area contributed by atoms with E-state index in [0.29, 0.717) is 0 Å². The van der Waals surface area contributed by atoms with Gasteiger partial charge in [-0.3, -0.25) is 13.8 Å². The molecule has 0 bridgehead atoms. The Morgan fingerprint density at radius 1 is 0.905 bits per heavy atom. The third-order valence-electron chi connectivity index (χ3n) is 1.27. The first-order valence-electron chi connectivity index (χ1n) is 4.39. The van der Waals surface area contributed by atoms with E-state index in [9.17, 15) is 48.7 Å². The molecule has 0 aliphatic carbocycles. The van der Waals surface area contributed by atoms with Crippen LogP contribution in [-0.4, -0.2) is 31.2 Å². The first kappa shape index (κ1) is 20.3. The van der Waals surface area contributed by atoms with Crippen molar-refractivity contribution in [2.45, 2.75) is 12.4 Å². The minimum Gasteiger partial charge on any atom is -0.292 e. The van der Waals surface area contributed by atoms with Crippen molar-refractivity contribution in [2.24, 2.45) is 0 Å². The van der Waals surface area contributed by atoms with E-state index in [1.54, 1.807) is 0 Å². The normalized spacial score (nSPS) is 14.1. The topological polar surface area (TPSA) is 81.7 Å². The quantitative estimate of drug-likeness (QED) is 0.560. The van der Waals surface area contributed by atoms with Gasteiger partial charge in [0.15, 0.2) is 13.2 Å². The van der Waals surface area contributed by atoms with Gasteiger partial charge in [-0.2, -0.15) is 26.3 Å². The number of hydrogen-bond donors (Lipinski definition) is 1. The molecule has 0 unspecified atom stereocenters. The lowest BCUT2D eigenvalue weighted by atomic mass is 10.7. The first-order chi connectivity index (χ1) is 9.04. The Morgan fingerprint density at radius 3 is 1.48 bits per heavy atom. The van der Waals surface area contributed by atoms with Gasteiger partial charge in [-0.15, -0.1) is 8.39 Å². The molecule has 0 aromatic heterocycles. The second-order valence-corrected chi connectivity index (χ2v) is 6.22. The van der Waals surface area contributed by atoms with E-state index in [1.807, 2.05) is 0 Å². The van der Waals surface area contributed by atoms with Crippen LogP contribution in [0.2, 0.25) is 0 Å². The number of carbonyl (C=O) groups is 1. The molecule has 0 saturated heterocycles. The summed E-state index contributed by atoms with van der Waals surface area (Å²) in [5, 5.41) is 0.168. The smallest absolute Gasteiger partial charge is 0.292 e.